The molecule has 2 atom stereocenters. The molecule has 0 aliphatic heterocycles. The maximum absolute atomic E-state index is 5.93. The average Bonchev–Trinajstić information content (AvgIpc) is 2.32. The second-order valence-corrected chi connectivity index (χ2v) is 4.94. The number of hydrogen-bond donors (Lipinski definition) is 0. The fraction of sp³-hybridized carbons (Fsp3) is 1.00. The number of rotatable bonds is 2. The van der Waals surface area contributed by atoms with E-state index in [9.17, 15) is 0 Å². The highest BCUT2D eigenvalue weighted by atomic mass is 16.5. The monoisotopic (exact) mass is 170 g/mol. The molecule has 1 fully saturated rings. The third kappa shape index (κ3) is 3.14. The molecule has 1 nitrogen and oxygen atoms in total. The van der Waals surface area contributed by atoms with Gasteiger partial charge in [0.2, 0.25) is 0 Å². The molecule has 1 aliphatic carbocycles. The third-order valence-corrected chi connectivity index (χ3v) is 2.59. The third-order valence-electron chi connectivity index (χ3n) is 2.59. The van der Waals surface area contributed by atoms with Crippen LogP contribution in [-0.4, -0.2) is 11.7 Å². The Morgan fingerprint density at radius 3 is 2.33 bits per heavy atom. The number of hydrogen-bond acceptors (Lipinski definition) is 1. The van der Waals surface area contributed by atoms with E-state index in [4.69, 9.17) is 4.74 Å². The van der Waals surface area contributed by atoms with Crippen molar-refractivity contribution in [2.75, 3.05) is 0 Å². The predicted octanol–water partition coefficient (Wildman–Crippen LogP) is 3.38. The van der Waals surface area contributed by atoms with E-state index in [1.165, 1.54) is 25.7 Å². The zero-order valence-corrected chi connectivity index (χ0v) is 8.89. The first-order valence-electron chi connectivity index (χ1n) is 5.19. The van der Waals surface area contributed by atoms with E-state index in [0.717, 1.165) is 5.92 Å². The normalized spacial score (nSPS) is 31.0. The van der Waals surface area contributed by atoms with E-state index in [0.29, 0.717) is 6.10 Å². The summed E-state index contributed by atoms with van der Waals surface area (Å²) in [5.41, 5.74) is 0.0489. The van der Waals surface area contributed by atoms with Crippen molar-refractivity contribution >= 4 is 0 Å². The topological polar surface area (TPSA) is 9.23 Å². The van der Waals surface area contributed by atoms with E-state index < -0.39 is 0 Å². The van der Waals surface area contributed by atoms with Crippen molar-refractivity contribution in [3.8, 4) is 0 Å². The molecule has 0 saturated heterocycles. The van der Waals surface area contributed by atoms with Crippen molar-refractivity contribution in [1.82, 2.24) is 0 Å². The van der Waals surface area contributed by atoms with E-state index in [1.54, 1.807) is 0 Å². The molecule has 0 aromatic heterocycles. The van der Waals surface area contributed by atoms with Crippen LogP contribution >= 0.6 is 0 Å². The molecule has 0 amide bonds. The smallest absolute Gasteiger partial charge is 0.0602 e. The highest BCUT2D eigenvalue weighted by Gasteiger charge is 2.27. The predicted molar refractivity (Wildman–Crippen MR) is 52.3 cm³/mol. The Morgan fingerprint density at radius 2 is 1.92 bits per heavy atom. The first kappa shape index (κ1) is 10.0. The van der Waals surface area contributed by atoms with Crippen LogP contribution in [0.1, 0.15) is 53.4 Å². The van der Waals surface area contributed by atoms with Crippen LogP contribution in [0, 0.1) is 5.92 Å². The largest absolute Gasteiger partial charge is 0.373 e. The lowest BCUT2D eigenvalue weighted by molar-refractivity contribution is -0.0574. The summed E-state index contributed by atoms with van der Waals surface area (Å²) in [6.45, 7) is 8.72. The highest BCUT2D eigenvalue weighted by Crippen LogP contribution is 2.32. The summed E-state index contributed by atoms with van der Waals surface area (Å²) >= 11 is 0. The minimum absolute atomic E-state index is 0.0489. The van der Waals surface area contributed by atoms with Gasteiger partial charge >= 0.3 is 0 Å². The summed E-state index contributed by atoms with van der Waals surface area (Å²) < 4.78 is 5.93. The fourth-order valence-corrected chi connectivity index (χ4v) is 2.01. The minimum Gasteiger partial charge on any atom is -0.373 e. The lowest BCUT2D eigenvalue weighted by Crippen LogP contribution is -2.25. The van der Waals surface area contributed by atoms with Gasteiger partial charge in [0.15, 0.2) is 0 Å². The Morgan fingerprint density at radius 1 is 1.25 bits per heavy atom. The van der Waals surface area contributed by atoms with Gasteiger partial charge in [-0.2, -0.15) is 0 Å². The number of ether oxygens (including phenoxy) is 1. The van der Waals surface area contributed by atoms with Gasteiger partial charge in [-0.05, 0) is 46.0 Å². The highest BCUT2D eigenvalue weighted by molar-refractivity contribution is 4.77. The van der Waals surface area contributed by atoms with Gasteiger partial charge in [-0.1, -0.05) is 13.3 Å². The Kier molecular flexibility index (Phi) is 3.16. The van der Waals surface area contributed by atoms with Crippen molar-refractivity contribution in [3.05, 3.63) is 0 Å². The summed E-state index contributed by atoms with van der Waals surface area (Å²) in [4.78, 5) is 0. The zero-order chi connectivity index (χ0) is 9.19. The molecule has 72 valence electrons. The van der Waals surface area contributed by atoms with Crippen molar-refractivity contribution in [2.45, 2.75) is 65.1 Å². The van der Waals surface area contributed by atoms with Gasteiger partial charge in [-0.15, -0.1) is 0 Å². The van der Waals surface area contributed by atoms with Gasteiger partial charge in [-0.25, -0.2) is 0 Å². The molecular weight excluding hydrogens is 148 g/mol. The standard InChI is InChI=1S/C11H22O/c1-5-9-6-7-10(8-9)12-11(2,3)4/h9-10H,5-8H2,1-4H3. The molecule has 1 rings (SSSR count). The molecule has 0 aromatic carbocycles. The molecule has 0 heterocycles. The van der Waals surface area contributed by atoms with Gasteiger partial charge in [0.25, 0.3) is 0 Å². The lowest BCUT2D eigenvalue weighted by atomic mass is 10.1. The summed E-state index contributed by atoms with van der Waals surface area (Å²) in [6, 6.07) is 0. The molecular formula is C11H22O. The average molecular weight is 170 g/mol. The summed E-state index contributed by atoms with van der Waals surface area (Å²) in [6.07, 6.45) is 5.79. The fourth-order valence-electron chi connectivity index (χ4n) is 2.01. The van der Waals surface area contributed by atoms with Crippen LogP contribution in [0.4, 0.5) is 0 Å². The first-order chi connectivity index (χ1) is 5.51. The first-order valence-corrected chi connectivity index (χ1v) is 5.19. The van der Waals surface area contributed by atoms with Crippen LogP contribution in [0.25, 0.3) is 0 Å². The van der Waals surface area contributed by atoms with Gasteiger partial charge in [0.05, 0.1) is 11.7 Å². The molecule has 1 aliphatic rings. The molecule has 2 unspecified atom stereocenters. The van der Waals surface area contributed by atoms with Crippen LogP contribution in [0.2, 0.25) is 0 Å². The van der Waals surface area contributed by atoms with Crippen molar-refractivity contribution in [1.29, 1.82) is 0 Å². The van der Waals surface area contributed by atoms with Gasteiger partial charge < -0.3 is 4.74 Å². The van der Waals surface area contributed by atoms with Crippen LogP contribution in [0.5, 0.6) is 0 Å². The zero-order valence-electron chi connectivity index (χ0n) is 8.89. The van der Waals surface area contributed by atoms with Crippen LogP contribution in [0.15, 0.2) is 0 Å². The summed E-state index contributed by atoms with van der Waals surface area (Å²) in [7, 11) is 0. The second kappa shape index (κ2) is 3.78. The second-order valence-electron chi connectivity index (χ2n) is 4.94. The molecule has 0 spiro atoms. The summed E-state index contributed by atoms with van der Waals surface area (Å²) in [5, 5.41) is 0. The van der Waals surface area contributed by atoms with Crippen molar-refractivity contribution in [3.63, 3.8) is 0 Å². The molecule has 12 heavy (non-hydrogen) atoms. The molecule has 0 radical (unpaired) electrons. The van der Waals surface area contributed by atoms with Crippen LogP contribution < -0.4 is 0 Å². The van der Waals surface area contributed by atoms with E-state index in [1.807, 2.05) is 0 Å². The Bertz CT molecular complexity index is 134. The van der Waals surface area contributed by atoms with E-state index in [2.05, 4.69) is 27.7 Å². The van der Waals surface area contributed by atoms with Crippen LogP contribution in [-0.2, 0) is 4.74 Å². The Balaban J connectivity index is 2.28. The van der Waals surface area contributed by atoms with Gasteiger partial charge in [0.1, 0.15) is 0 Å². The summed E-state index contributed by atoms with van der Waals surface area (Å²) in [5.74, 6) is 0.928. The maximum Gasteiger partial charge on any atom is 0.0602 e. The van der Waals surface area contributed by atoms with E-state index in [-0.39, 0.29) is 5.60 Å². The van der Waals surface area contributed by atoms with Gasteiger partial charge in [0, 0.05) is 0 Å². The van der Waals surface area contributed by atoms with Crippen LogP contribution in [0.3, 0.4) is 0 Å². The Labute approximate surface area is 76.5 Å². The minimum atomic E-state index is 0.0489. The van der Waals surface area contributed by atoms with Crippen molar-refractivity contribution < 1.29 is 4.74 Å². The molecule has 1 heteroatoms. The molecule has 0 aromatic rings. The SMILES string of the molecule is CCC1CCC(OC(C)(C)C)C1. The van der Waals surface area contributed by atoms with Gasteiger partial charge in [-0.3, -0.25) is 0 Å². The Hall–Kier alpha value is -0.0400. The maximum atomic E-state index is 5.93. The van der Waals surface area contributed by atoms with Crippen molar-refractivity contribution in [2.24, 2.45) is 5.92 Å². The van der Waals surface area contributed by atoms with E-state index >= 15 is 0 Å². The molecule has 1 saturated carbocycles. The quantitative estimate of drug-likeness (QED) is 0.617. The lowest BCUT2D eigenvalue weighted by Gasteiger charge is -2.24. The molecule has 0 bridgehead atoms. The molecule has 0 N–H and O–H groups in total.